The van der Waals surface area contributed by atoms with E-state index < -0.39 is 0 Å². The van der Waals surface area contributed by atoms with Gasteiger partial charge < -0.3 is 10.6 Å². The summed E-state index contributed by atoms with van der Waals surface area (Å²) in [5.74, 6) is 2.51. The lowest BCUT2D eigenvalue weighted by molar-refractivity contribution is -0.121. The number of hydrogen-bond donors (Lipinski definition) is 2. The van der Waals surface area contributed by atoms with Crippen molar-refractivity contribution in [2.75, 3.05) is 11.9 Å². The van der Waals surface area contributed by atoms with Crippen molar-refractivity contribution in [3.8, 4) is 0 Å². The third-order valence-corrected chi connectivity index (χ3v) is 7.32. The molecule has 1 aromatic heterocycles. The Labute approximate surface area is 152 Å². The fourth-order valence-electron chi connectivity index (χ4n) is 4.05. The van der Waals surface area contributed by atoms with Gasteiger partial charge in [-0.2, -0.15) is 0 Å². The molecule has 1 heterocycles. The molecule has 2 aliphatic rings. The third-order valence-electron chi connectivity index (χ3n) is 5.26. The van der Waals surface area contributed by atoms with Gasteiger partial charge in [0.15, 0.2) is 4.34 Å². The van der Waals surface area contributed by atoms with Crippen molar-refractivity contribution in [2.24, 2.45) is 17.8 Å². The average molecular weight is 367 g/mol. The molecule has 2 N–H and O–H groups in total. The van der Waals surface area contributed by atoms with Gasteiger partial charge in [-0.3, -0.25) is 4.79 Å². The van der Waals surface area contributed by atoms with Crippen LogP contribution in [-0.4, -0.2) is 33.9 Å². The van der Waals surface area contributed by atoms with E-state index in [2.05, 4.69) is 34.3 Å². The van der Waals surface area contributed by atoms with E-state index in [1.54, 1.807) is 6.08 Å². The largest absolute Gasteiger partial charge is 0.357 e. The molecule has 7 heteroatoms. The van der Waals surface area contributed by atoms with Crippen molar-refractivity contribution in [3.05, 3.63) is 12.7 Å². The van der Waals surface area contributed by atoms with E-state index >= 15 is 0 Å². The van der Waals surface area contributed by atoms with E-state index in [1.807, 2.05) is 6.92 Å². The summed E-state index contributed by atoms with van der Waals surface area (Å²) in [7, 11) is 0. The first-order chi connectivity index (χ1) is 11.6. The van der Waals surface area contributed by atoms with E-state index in [4.69, 9.17) is 0 Å². The van der Waals surface area contributed by atoms with Crippen LogP contribution < -0.4 is 10.6 Å². The van der Waals surface area contributed by atoms with Crippen molar-refractivity contribution < 1.29 is 4.79 Å². The summed E-state index contributed by atoms with van der Waals surface area (Å²) in [5, 5.41) is 15.2. The van der Waals surface area contributed by atoms with Gasteiger partial charge in [0.2, 0.25) is 11.0 Å². The van der Waals surface area contributed by atoms with Crippen LogP contribution in [0.1, 0.15) is 39.5 Å². The average Bonchev–Trinajstić information content (AvgIpc) is 3.29. The molecule has 2 aliphatic carbocycles. The summed E-state index contributed by atoms with van der Waals surface area (Å²) in [6, 6.07) is 0.273. The minimum atomic E-state index is -0.161. The Hall–Kier alpha value is -1.08. The highest BCUT2D eigenvalue weighted by atomic mass is 32.2. The van der Waals surface area contributed by atoms with Crippen LogP contribution in [0.5, 0.6) is 0 Å². The fraction of sp³-hybridized carbons (Fsp3) is 0.706. The van der Waals surface area contributed by atoms with Crippen LogP contribution in [0.4, 0.5) is 5.13 Å². The molecule has 0 aromatic carbocycles. The second kappa shape index (κ2) is 7.87. The van der Waals surface area contributed by atoms with Gasteiger partial charge in [-0.25, -0.2) is 0 Å². The first kappa shape index (κ1) is 17.7. The van der Waals surface area contributed by atoms with Crippen LogP contribution >= 0.6 is 23.1 Å². The van der Waals surface area contributed by atoms with Gasteiger partial charge >= 0.3 is 0 Å². The number of amides is 1. The summed E-state index contributed by atoms with van der Waals surface area (Å²) >= 11 is 2.95. The van der Waals surface area contributed by atoms with E-state index in [-0.39, 0.29) is 17.2 Å². The van der Waals surface area contributed by atoms with Gasteiger partial charge in [-0.1, -0.05) is 35.6 Å². The maximum absolute atomic E-state index is 12.5. The van der Waals surface area contributed by atoms with E-state index in [0.29, 0.717) is 12.5 Å². The number of carbonyl (C=O) groups is 1. The van der Waals surface area contributed by atoms with Crippen molar-refractivity contribution in [1.29, 1.82) is 0 Å². The van der Waals surface area contributed by atoms with Crippen LogP contribution in [0.25, 0.3) is 0 Å². The predicted molar refractivity (Wildman–Crippen MR) is 100 cm³/mol. The number of fused-ring (bicyclic) bond motifs is 2. The first-order valence-corrected chi connectivity index (χ1v) is 10.4. The smallest absolute Gasteiger partial charge is 0.233 e. The molecule has 0 radical (unpaired) electrons. The zero-order chi connectivity index (χ0) is 17.1. The highest BCUT2D eigenvalue weighted by Crippen LogP contribution is 2.49. The Morgan fingerprint density at radius 1 is 1.42 bits per heavy atom. The zero-order valence-corrected chi connectivity index (χ0v) is 16.0. The van der Waals surface area contributed by atoms with E-state index in [9.17, 15) is 4.79 Å². The number of carbonyl (C=O) groups excluding carboxylic acids is 1. The molecular formula is C17H26N4OS2. The minimum absolute atomic E-state index is 0.103. The second-order valence-electron chi connectivity index (χ2n) is 6.94. The lowest BCUT2D eigenvalue weighted by Gasteiger charge is -2.29. The third kappa shape index (κ3) is 4.11. The molecule has 5 unspecified atom stereocenters. The summed E-state index contributed by atoms with van der Waals surface area (Å²) in [6.07, 6.45) is 7.20. The molecule has 0 saturated heterocycles. The van der Waals surface area contributed by atoms with Crippen molar-refractivity contribution >= 4 is 34.1 Å². The maximum Gasteiger partial charge on any atom is 0.233 e. The van der Waals surface area contributed by atoms with Crippen molar-refractivity contribution in [1.82, 2.24) is 15.5 Å². The quantitative estimate of drug-likeness (QED) is 0.544. The number of hydrogen-bond acceptors (Lipinski definition) is 6. The SMILES string of the molecule is C=CCNc1nnc(SC(C)C(=O)NC(C)C2CC3CCC2C3)s1. The highest BCUT2D eigenvalue weighted by molar-refractivity contribution is 8.02. The predicted octanol–water partition coefficient (Wildman–Crippen LogP) is 3.56. The molecule has 132 valence electrons. The van der Waals surface area contributed by atoms with Crippen LogP contribution in [0.2, 0.25) is 0 Å². The second-order valence-corrected chi connectivity index (χ2v) is 9.50. The number of rotatable bonds is 8. The number of aromatic nitrogens is 2. The van der Waals surface area contributed by atoms with Gasteiger partial charge in [0, 0.05) is 12.6 Å². The molecule has 5 atom stereocenters. The van der Waals surface area contributed by atoms with Gasteiger partial charge in [-0.15, -0.1) is 16.8 Å². The van der Waals surface area contributed by atoms with Gasteiger partial charge in [0.25, 0.3) is 0 Å². The summed E-state index contributed by atoms with van der Waals surface area (Å²) < 4.78 is 0.816. The Morgan fingerprint density at radius 2 is 2.25 bits per heavy atom. The van der Waals surface area contributed by atoms with Crippen LogP contribution in [-0.2, 0) is 4.79 Å². The molecule has 3 rings (SSSR count). The summed E-state index contributed by atoms with van der Waals surface area (Å²) in [5.41, 5.74) is 0. The number of nitrogens with zero attached hydrogens (tertiary/aromatic N) is 2. The normalized spacial score (nSPS) is 27.7. The topological polar surface area (TPSA) is 66.9 Å². The van der Waals surface area contributed by atoms with Crippen LogP contribution in [0, 0.1) is 17.8 Å². The highest BCUT2D eigenvalue weighted by Gasteiger charge is 2.42. The monoisotopic (exact) mass is 366 g/mol. The number of nitrogens with one attached hydrogen (secondary N) is 2. The van der Waals surface area contributed by atoms with Crippen LogP contribution in [0.3, 0.4) is 0 Å². The Bertz CT molecular complexity index is 591. The Balaban J connectivity index is 1.47. The zero-order valence-electron chi connectivity index (χ0n) is 14.3. The molecule has 2 bridgehead atoms. The van der Waals surface area contributed by atoms with Crippen molar-refractivity contribution in [2.45, 2.75) is 55.2 Å². The Kier molecular flexibility index (Phi) is 5.81. The molecule has 0 spiro atoms. The molecule has 1 amide bonds. The molecule has 2 saturated carbocycles. The number of anilines is 1. The standard InChI is InChI=1S/C17H26N4OS2/c1-4-7-18-16-20-21-17(24-16)23-11(3)15(22)19-10(2)14-9-12-5-6-13(14)8-12/h4,10-14H,1,5-9H2,2-3H3,(H,18,20)(H,19,22). The molecule has 1 aromatic rings. The summed E-state index contributed by atoms with van der Waals surface area (Å²) in [4.78, 5) is 12.5. The van der Waals surface area contributed by atoms with Gasteiger partial charge in [0.1, 0.15) is 0 Å². The van der Waals surface area contributed by atoms with Crippen LogP contribution in [0.15, 0.2) is 17.0 Å². The molecule has 0 aliphatic heterocycles. The van der Waals surface area contributed by atoms with E-state index in [0.717, 1.165) is 21.3 Å². The first-order valence-electron chi connectivity index (χ1n) is 8.72. The number of thioether (sulfide) groups is 1. The lowest BCUT2D eigenvalue weighted by Crippen LogP contribution is -2.43. The molecular weight excluding hydrogens is 340 g/mol. The molecule has 24 heavy (non-hydrogen) atoms. The van der Waals surface area contributed by atoms with E-state index in [1.165, 1.54) is 48.8 Å². The lowest BCUT2D eigenvalue weighted by atomic mass is 9.84. The molecule has 5 nitrogen and oxygen atoms in total. The fourth-order valence-corrected chi connectivity index (χ4v) is 5.96. The Morgan fingerprint density at radius 3 is 2.92 bits per heavy atom. The van der Waals surface area contributed by atoms with Gasteiger partial charge in [-0.05, 0) is 50.9 Å². The molecule has 2 fully saturated rings. The summed E-state index contributed by atoms with van der Waals surface area (Å²) in [6.45, 7) is 8.43. The van der Waals surface area contributed by atoms with Gasteiger partial charge in [0.05, 0.1) is 5.25 Å². The van der Waals surface area contributed by atoms with Crippen molar-refractivity contribution in [3.63, 3.8) is 0 Å². The minimum Gasteiger partial charge on any atom is -0.357 e. The maximum atomic E-state index is 12.5.